The van der Waals surface area contributed by atoms with Crippen LogP contribution in [-0.4, -0.2) is 35.6 Å². The minimum atomic E-state index is -0.548. The van der Waals surface area contributed by atoms with Crippen LogP contribution in [0.4, 0.5) is 16.2 Å². The van der Waals surface area contributed by atoms with E-state index in [1.165, 1.54) is 5.56 Å². The molecule has 8 nitrogen and oxygen atoms in total. The van der Waals surface area contributed by atoms with Crippen molar-refractivity contribution >= 4 is 17.5 Å². The van der Waals surface area contributed by atoms with Gasteiger partial charge < -0.3 is 15.3 Å². The lowest BCUT2D eigenvalue weighted by atomic mass is 10.1. The van der Waals surface area contributed by atoms with E-state index >= 15 is 0 Å². The van der Waals surface area contributed by atoms with Crippen LogP contribution in [0.15, 0.2) is 54.7 Å². The largest absolute Gasteiger partial charge is 0.492 e. The van der Waals surface area contributed by atoms with Crippen molar-refractivity contribution < 1.29 is 14.4 Å². The Morgan fingerprint density at radius 2 is 2.10 bits per heavy atom. The highest BCUT2D eigenvalue weighted by Crippen LogP contribution is 2.33. The van der Waals surface area contributed by atoms with Gasteiger partial charge in [0.25, 0.3) is 0 Å². The molecule has 1 amide bonds. The minimum Gasteiger partial charge on any atom is -0.492 e. The highest BCUT2D eigenvalue weighted by molar-refractivity contribution is 5.87. The highest BCUT2D eigenvalue weighted by Gasteiger charge is 2.22. The number of benzene rings is 2. The number of para-hydroxylation sites is 1. The number of carbonyl (C=O) groups excluding carboxylic acids is 1. The van der Waals surface area contributed by atoms with Crippen molar-refractivity contribution in [3.8, 4) is 17.0 Å². The predicted molar refractivity (Wildman–Crippen MR) is 111 cm³/mol. The maximum Gasteiger partial charge on any atom is 0.436 e. The fourth-order valence-electron chi connectivity index (χ4n) is 3.38. The zero-order chi connectivity index (χ0) is 20.2. The molecule has 4 rings (SSSR count). The van der Waals surface area contributed by atoms with Crippen LogP contribution in [-0.2, 0) is 18.3 Å². The van der Waals surface area contributed by atoms with E-state index in [4.69, 9.17) is 15.3 Å². The molecule has 1 aromatic heterocycles. The van der Waals surface area contributed by atoms with Gasteiger partial charge in [0.15, 0.2) is 0 Å². The van der Waals surface area contributed by atoms with Crippen molar-refractivity contribution in [2.24, 2.45) is 12.8 Å². The lowest BCUT2D eigenvalue weighted by molar-refractivity contribution is 0.150. The number of aromatic nitrogens is 2. The molecule has 1 aliphatic heterocycles. The van der Waals surface area contributed by atoms with Crippen LogP contribution in [0, 0.1) is 0 Å². The lowest BCUT2D eigenvalue weighted by Gasteiger charge is -2.19. The molecule has 0 radical (unpaired) electrons. The van der Waals surface area contributed by atoms with E-state index in [-0.39, 0.29) is 0 Å². The van der Waals surface area contributed by atoms with Crippen LogP contribution in [0.2, 0.25) is 0 Å². The Morgan fingerprint density at radius 1 is 1.24 bits per heavy atom. The van der Waals surface area contributed by atoms with Gasteiger partial charge in [0.1, 0.15) is 12.4 Å². The molecule has 2 heterocycles. The Labute approximate surface area is 168 Å². The predicted octanol–water partition coefficient (Wildman–Crippen LogP) is 2.95. The van der Waals surface area contributed by atoms with Crippen molar-refractivity contribution in [1.29, 1.82) is 0 Å². The van der Waals surface area contributed by atoms with E-state index < -0.39 is 6.09 Å². The molecule has 150 valence electrons. The molecule has 0 saturated carbocycles. The number of aryl methyl sites for hydroxylation is 1. The first-order valence-electron chi connectivity index (χ1n) is 9.45. The molecule has 1 aliphatic rings. The van der Waals surface area contributed by atoms with Crippen LogP contribution in [0.5, 0.6) is 5.75 Å². The van der Waals surface area contributed by atoms with Gasteiger partial charge in [-0.05, 0) is 42.3 Å². The van der Waals surface area contributed by atoms with E-state index in [1.807, 2.05) is 43.4 Å². The number of fused-ring (bicyclic) bond motifs is 1. The fourth-order valence-corrected chi connectivity index (χ4v) is 3.38. The van der Waals surface area contributed by atoms with E-state index in [9.17, 15) is 4.79 Å². The summed E-state index contributed by atoms with van der Waals surface area (Å²) < 4.78 is 7.50. The number of hydrogen-bond acceptors (Lipinski definition) is 6. The number of nitrogens with one attached hydrogen (secondary N) is 1. The average molecular weight is 393 g/mol. The first-order chi connectivity index (χ1) is 14.2. The van der Waals surface area contributed by atoms with Gasteiger partial charge >= 0.3 is 6.09 Å². The highest BCUT2D eigenvalue weighted by atomic mass is 16.7. The fraction of sp³-hybridized carbons (Fsp3) is 0.238. The minimum absolute atomic E-state index is 0.397. The second-order valence-corrected chi connectivity index (χ2v) is 6.67. The second kappa shape index (κ2) is 8.24. The zero-order valence-corrected chi connectivity index (χ0v) is 16.2. The lowest BCUT2D eigenvalue weighted by Crippen LogP contribution is -2.28. The Hall–Kier alpha value is -3.52. The number of hydroxylamine groups is 1. The Balaban J connectivity index is 1.51. The third kappa shape index (κ3) is 4.02. The van der Waals surface area contributed by atoms with Gasteiger partial charge in [0.05, 0.1) is 17.9 Å². The molecule has 3 aromatic rings. The molecule has 0 saturated heterocycles. The molecule has 0 unspecified atom stereocenters. The van der Waals surface area contributed by atoms with Crippen LogP contribution in [0.25, 0.3) is 11.3 Å². The summed E-state index contributed by atoms with van der Waals surface area (Å²) in [7, 11) is 1.85. The van der Waals surface area contributed by atoms with E-state index in [1.54, 1.807) is 28.1 Å². The Bertz CT molecular complexity index is 1020. The van der Waals surface area contributed by atoms with Gasteiger partial charge in [-0.25, -0.2) is 9.86 Å². The maximum absolute atomic E-state index is 12.5. The number of anilines is 2. The van der Waals surface area contributed by atoms with Crippen LogP contribution in [0.1, 0.15) is 5.56 Å². The molecule has 0 aliphatic carbocycles. The first-order valence-corrected chi connectivity index (χ1v) is 9.45. The number of rotatable bonds is 6. The second-order valence-electron chi connectivity index (χ2n) is 6.67. The van der Waals surface area contributed by atoms with Gasteiger partial charge in [-0.15, -0.1) is 0 Å². The quantitative estimate of drug-likeness (QED) is 0.669. The molecule has 0 atom stereocenters. The summed E-state index contributed by atoms with van der Waals surface area (Å²) in [5.74, 6) is 0.673. The van der Waals surface area contributed by atoms with E-state index in [2.05, 4.69) is 10.4 Å². The molecule has 8 heteroatoms. The normalized spacial score (nSPS) is 12.6. The monoisotopic (exact) mass is 393 g/mol. The van der Waals surface area contributed by atoms with Crippen molar-refractivity contribution in [3.63, 3.8) is 0 Å². The van der Waals surface area contributed by atoms with Crippen molar-refractivity contribution in [3.05, 3.63) is 60.3 Å². The third-order valence-corrected chi connectivity index (χ3v) is 4.74. The zero-order valence-electron chi connectivity index (χ0n) is 16.2. The molecular weight excluding hydrogens is 370 g/mol. The summed E-state index contributed by atoms with van der Waals surface area (Å²) >= 11 is 0. The molecule has 0 bridgehead atoms. The summed E-state index contributed by atoms with van der Waals surface area (Å²) in [6.07, 6.45) is 2.01. The number of amides is 1. The standard InChI is InChI=1S/C21H23N5O3/c1-25-19(8-11-23-25)17-14-16(6-7-20(17)28-13-10-22)24-21(27)29-26-12-9-15-4-2-3-5-18(15)26/h2-8,11,14H,9-10,12-13,22H2,1H3,(H,24,27). The van der Waals surface area contributed by atoms with Crippen molar-refractivity contribution in [2.45, 2.75) is 6.42 Å². The number of hydrogen-bond donors (Lipinski definition) is 2. The summed E-state index contributed by atoms with van der Waals surface area (Å²) in [4.78, 5) is 18.0. The topological polar surface area (TPSA) is 94.6 Å². The number of ether oxygens (including phenoxy) is 1. The summed E-state index contributed by atoms with van der Waals surface area (Å²) in [5, 5.41) is 8.62. The number of nitrogens with two attached hydrogens (primary N) is 1. The molecular formula is C21H23N5O3. The van der Waals surface area contributed by atoms with Gasteiger partial charge in [0.2, 0.25) is 0 Å². The van der Waals surface area contributed by atoms with Crippen LogP contribution in [0.3, 0.4) is 0 Å². The van der Waals surface area contributed by atoms with Crippen molar-refractivity contribution in [1.82, 2.24) is 9.78 Å². The number of carbonyl (C=O) groups is 1. The Morgan fingerprint density at radius 3 is 2.90 bits per heavy atom. The maximum atomic E-state index is 12.5. The third-order valence-electron chi connectivity index (χ3n) is 4.74. The number of nitrogens with zero attached hydrogens (tertiary/aromatic N) is 3. The van der Waals surface area contributed by atoms with Crippen LogP contribution >= 0.6 is 0 Å². The van der Waals surface area contributed by atoms with E-state index in [0.29, 0.717) is 31.1 Å². The first kappa shape index (κ1) is 18.8. The molecule has 2 aromatic carbocycles. The molecule has 0 spiro atoms. The van der Waals surface area contributed by atoms with Gasteiger partial charge in [-0.1, -0.05) is 18.2 Å². The van der Waals surface area contributed by atoms with E-state index in [0.717, 1.165) is 23.4 Å². The summed E-state index contributed by atoms with van der Waals surface area (Å²) in [6.45, 7) is 1.45. The Kier molecular flexibility index (Phi) is 5.35. The smallest absolute Gasteiger partial charge is 0.436 e. The van der Waals surface area contributed by atoms with Gasteiger partial charge in [0, 0.05) is 31.0 Å². The molecule has 29 heavy (non-hydrogen) atoms. The summed E-state index contributed by atoms with van der Waals surface area (Å²) in [6, 6.07) is 15.2. The molecule has 0 fully saturated rings. The van der Waals surface area contributed by atoms with Gasteiger partial charge in [-0.3, -0.25) is 10.00 Å². The average Bonchev–Trinajstić information content (AvgIpc) is 3.33. The molecule has 3 N–H and O–H groups in total. The van der Waals surface area contributed by atoms with Crippen molar-refractivity contribution in [2.75, 3.05) is 30.1 Å². The SMILES string of the molecule is Cn1nccc1-c1cc(NC(=O)ON2CCc3ccccc32)ccc1OCCN. The summed E-state index contributed by atoms with van der Waals surface area (Å²) in [5.41, 5.74) is 9.92. The van der Waals surface area contributed by atoms with Gasteiger partial charge in [-0.2, -0.15) is 5.10 Å². The van der Waals surface area contributed by atoms with Crippen LogP contribution < -0.4 is 20.9 Å².